The molecule has 0 saturated carbocycles. The van der Waals surface area contributed by atoms with Crippen LogP contribution in [0.2, 0.25) is 0 Å². The highest BCUT2D eigenvalue weighted by Gasteiger charge is 2.13. The van der Waals surface area contributed by atoms with E-state index in [2.05, 4.69) is 9.83 Å². The van der Waals surface area contributed by atoms with E-state index < -0.39 is 5.97 Å². The predicted molar refractivity (Wildman–Crippen MR) is 78.6 cm³/mol. The fraction of sp³-hybridized carbons (Fsp3) is 0. The van der Waals surface area contributed by atoms with Crippen molar-refractivity contribution in [2.75, 3.05) is 0 Å². The van der Waals surface area contributed by atoms with Crippen molar-refractivity contribution < 1.29 is 15.0 Å². The first-order valence-electron chi connectivity index (χ1n) is 6.15. The molecule has 5 heteroatoms. The number of rotatable bonds is 2. The lowest BCUT2D eigenvalue weighted by molar-refractivity contribution is 0.0694. The van der Waals surface area contributed by atoms with Crippen molar-refractivity contribution in [1.82, 2.24) is 4.98 Å². The average Bonchev–Trinajstić information content (AvgIpc) is 2.93. The number of hydrogen-bond donors (Lipinski definition) is 3. The summed E-state index contributed by atoms with van der Waals surface area (Å²) < 4.78 is 0. The smallest absolute Gasteiger partial charge is 0.339 e. The Kier molecular flexibility index (Phi) is 2.85. The Morgan fingerprint density at radius 1 is 1.19 bits per heavy atom. The summed E-state index contributed by atoms with van der Waals surface area (Å²) in [6.07, 6.45) is 1.77. The van der Waals surface area contributed by atoms with Crippen molar-refractivity contribution in [2.45, 2.75) is 0 Å². The van der Waals surface area contributed by atoms with Crippen LogP contribution in [0.15, 0.2) is 42.6 Å². The van der Waals surface area contributed by atoms with E-state index in [-0.39, 0.29) is 11.3 Å². The van der Waals surface area contributed by atoms with Crippen molar-refractivity contribution >= 4 is 22.6 Å². The van der Waals surface area contributed by atoms with Gasteiger partial charge in [0.1, 0.15) is 11.3 Å². The zero-order chi connectivity index (χ0) is 15.0. The number of carboxylic acid groups (broad SMARTS) is 1. The number of H-pyrrole nitrogens is 1. The number of nitrogens with one attached hydrogen (secondary N) is 1. The first kappa shape index (κ1) is 12.8. The molecule has 2 aromatic carbocycles. The van der Waals surface area contributed by atoms with E-state index in [9.17, 15) is 9.90 Å². The largest absolute Gasteiger partial charge is 0.507 e. The van der Waals surface area contributed by atoms with Crippen LogP contribution in [0.1, 0.15) is 10.4 Å². The van der Waals surface area contributed by atoms with Crippen molar-refractivity contribution in [2.24, 2.45) is 0 Å². The number of benzene rings is 2. The van der Waals surface area contributed by atoms with Crippen LogP contribution in [-0.4, -0.2) is 21.2 Å². The number of fused-ring (bicyclic) bond motifs is 1. The minimum atomic E-state index is -1.18. The predicted octanol–water partition coefficient (Wildman–Crippen LogP) is 3.79. The Morgan fingerprint density at radius 2 is 2.00 bits per heavy atom. The minimum Gasteiger partial charge on any atom is -0.507 e. The van der Waals surface area contributed by atoms with Crippen LogP contribution in [0.25, 0.3) is 26.9 Å². The van der Waals surface area contributed by atoms with Crippen LogP contribution in [0.5, 0.6) is 5.75 Å². The second-order valence-corrected chi connectivity index (χ2v) is 4.58. The van der Waals surface area contributed by atoms with Gasteiger partial charge in [0.15, 0.2) is 5.69 Å². The number of carbonyl (C=O) groups is 1. The first-order chi connectivity index (χ1) is 10.1. The van der Waals surface area contributed by atoms with Gasteiger partial charge in [0.25, 0.3) is 0 Å². The number of nitrogens with zero attached hydrogens (tertiary/aromatic N) is 1. The lowest BCUT2D eigenvalue weighted by Gasteiger charge is -2.07. The molecular formula is C16H10N2O3. The normalized spacial score (nSPS) is 10.4. The summed E-state index contributed by atoms with van der Waals surface area (Å²) in [5.74, 6) is -1.48. The highest BCUT2D eigenvalue weighted by Crippen LogP contribution is 2.34. The summed E-state index contributed by atoms with van der Waals surface area (Å²) in [4.78, 5) is 17.5. The van der Waals surface area contributed by atoms with Gasteiger partial charge in [-0.15, -0.1) is 0 Å². The standard InChI is InChI=1S/C16H10N2O3/c1-17-11-6-10-4-5-18-15(10)13(8-11)9-2-3-12(16(20)21)14(19)7-9/h2-8,18-19H,(H,20,21). The third-order valence-corrected chi connectivity index (χ3v) is 3.31. The molecule has 0 saturated heterocycles. The lowest BCUT2D eigenvalue weighted by atomic mass is 10.00. The summed E-state index contributed by atoms with van der Waals surface area (Å²) in [6, 6.07) is 9.71. The van der Waals surface area contributed by atoms with E-state index in [1.165, 1.54) is 12.1 Å². The second-order valence-electron chi connectivity index (χ2n) is 4.58. The Balaban J connectivity index is 2.25. The number of carboxylic acids is 1. The lowest BCUT2D eigenvalue weighted by Crippen LogP contribution is -1.96. The van der Waals surface area contributed by atoms with Gasteiger partial charge in [-0.2, -0.15) is 0 Å². The molecule has 0 spiro atoms. The Labute approximate surface area is 119 Å². The molecule has 3 aromatic rings. The molecule has 0 aliphatic heterocycles. The summed E-state index contributed by atoms with van der Waals surface area (Å²) in [6.45, 7) is 7.15. The fourth-order valence-corrected chi connectivity index (χ4v) is 2.33. The Hall–Kier alpha value is -3.26. The Bertz CT molecular complexity index is 904. The number of aromatic hydroxyl groups is 1. The Morgan fingerprint density at radius 3 is 2.67 bits per heavy atom. The molecule has 0 unspecified atom stereocenters. The maximum absolute atomic E-state index is 10.9. The monoisotopic (exact) mass is 278 g/mol. The van der Waals surface area contributed by atoms with Gasteiger partial charge in [0.2, 0.25) is 0 Å². The van der Waals surface area contributed by atoms with E-state index in [1.807, 2.05) is 6.07 Å². The number of aromatic carboxylic acids is 1. The van der Waals surface area contributed by atoms with Gasteiger partial charge in [-0.05, 0) is 46.8 Å². The van der Waals surface area contributed by atoms with Gasteiger partial charge in [-0.25, -0.2) is 9.64 Å². The van der Waals surface area contributed by atoms with Crippen LogP contribution in [0.3, 0.4) is 0 Å². The minimum absolute atomic E-state index is 0.150. The fourth-order valence-electron chi connectivity index (χ4n) is 2.33. The maximum atomic E-state index is 10.9. The topological polar surface area (TPSA) is 77.7 Å². The molecule has 5 nitrogen and oxygen atoms in total. The summed E-state index contributed by atoms with van der Waals surface area (Å²) in [5, 5.41) is 19.7. The second kappa shape index (κ2) is 4.69. The number of aromatic amines is 1. The van der Waals surface area contributed by atoms with Gasteiger partial charge in [-0.3, -0.25) is 0 Å². The molecule has 102 valence electrons. The van der Waals surface area contributed by atoms with Crippen molar-refractivity contribution in [1.29, 1.82) is 0 Å². The highest BCUT2D eigenvalue weighted by atomic mass is 16.4. The number of aromatic nitrogens is 1. The highest BCUT2D eigenvalue weighted by molar-refractivity contribution is 5.98. The summed E-state index contributed by atoms with van der Waals surface area (Å²) in [7, 11) is 0. The molecule has 3 N–H and O–H groups in total. The van der Waals surface area contributed by atoms with Crippen molar-refractivity contribution in [3.05, 3.63) is 59.6 Å². The number of hydrogen-bond acceptors (Lipinski definition) is 2. The summed E-state index contributed by atoms with van der Waals surface area (Å²) >= 11 is 0. The van der Waals surface area contributed by atoms with Crippen LogP contribution in [-0.2, 0) is 0 Å². The zero-order valence-corrected chi connectivity index (χ0v) is 10.8. The molecule has 0 radical (unpaired) electrons. The molecule has 3 rings (SSSR count). The van der Waals surface area contributed by atoms with Crippen LogP contribution in [0.4, 0.5) is 5.69 Å². The molecule has 0 atom stereocenters. The van der Waals surface area contributed by atoms with Crippen LogP contribution < -0.4 is 0 Å². The molecule has 1 heterocycles. The zero-order valence-electron chi connectivity index (χ0n) is 10.8. The average molecular weight is 278 g/mol. The SMILES string of the molecule is [C-]#[N+]c1cc(-c2ccc(C(=O)O)c(O)c2)c2[nH]ccc2c1. The third kappa shape index (κ3) is 2.09. The number of phenols is 1. The van der Waals surface area contributed by atoms with Crippen molar-refractivity contribution in [3.63, 3.8) is 0 Å². The van der Waals surface area contributed by atoms with E-state index in [4.69, 9.17) is 11.7 Å². The van der Waals surface area contributed by atoms with E-state index in [0.29, 0.717) is 11.3 Å². The molecule has 0 bridgehead atoms. The molecule has 0 aliphatic carbocycles. The molecule has 21 heavy (non-hydrogen) atoms. The van der Waals surface area contributed by atoms with E-state index in [0.717, 1.165) is 16.5 Å². The molecule has 0 aliphatic rings. The molecule has 0 fully saturated rings. The van der Waals surface area contributed by atoms with Gasteiger partial charge < -0.3 is 15.2 Å². The molecular weight excluding hydrogens is 268 g/mol. The van der Waals surface area contributed by atoms with E-state index in [1.54, 1.807) is 24.4 Å². The first-order valence-corrected chi connectivity index (χ1v) is 6.15. The van der Waals surface area contributed by atoms with E-state index >= 15 is 0 Å². The quantitative estimate of drug-likeness (QED) is 0.624. The van der Waals surface area contributed by atoms with Gasteiger partial charge >= 0.3 is 5.97 Å². The van der Waals surface area contributed by atoms with Crippen LogP contribution in [0, 0.1) is 6.57 Å². The molecule has 1 aromatic heterocycles. The summed E-state index contributed by atoms with van der Waals surface area (Å²) in [5.41, 5.74) is 2.57. The van der Waals surface area contributed by atoms with Gasteiger partial charge in [0.05, 0.1) is 12.1 Å². The van der Waals surface area contributed by atoms with Gasteiger partial charge in [0, 0.05) is 6.20 Å². The van der Waals surface area contributed by atoms with Crippen LogP contribution >= 0.6 is 0 Å². The van der Waals surface area contributed by atoms with Gasteiger partial charge in [-0.1, -0.05) is 6.07 Å². The third-order valence-electron chi connectivity index (χ3n) is 3.31. The van der Waals surface area contributed by atoms with Crippen molar-refractivity contribution in [3.8, 4) is 16.9 Å². The molecule has 0 amide bonds. The maximum Gasteiger partial charge on any atom is 0.339 e.